The SMILES string of the molecule is CCCCCCON(C=O)CC=O. The molecule has 0 aromatic rings. The second-order valence-electron chi connectivity index (χ2n) is 2.77. The van der Waals surface area contributed by atoms with Crippen molar-refractivity contribution in [1.82, 2.24) is 5.06 Å². The molecular weight excluding hydrogens is 170 g/mol. The van der Waals surface area contributed by atoms with Crippen molar-refractivity contribution in [3.63, 3.8) is 0 Å². The summed E-state index contributed by atoms with van der Waals surface area (Å²) < 4.78 is 0. The molecule has 0 radical (unpaired) electrons. The molecule has 0 bridgehead atoms. The highest BCUT2D eigenvalue weighted by Crippen LogP contribution is 1.99. The number of rotatable bonds is 9. The molecule has 0 N–H and O–H groups in total. The summed E-state index contributed by atoms with van der Waals surface area (Å²) in [5.74, 6) is 0. The van der Waals surface area contributed by atoms with Gasteiger partial charge in [-0.25, -0.2) is 5.06 Å². The number of carbonyl (C=O) groups excluding carboxylic acids is 2. The molecule has 4 nitrogen and oxygen atoms in total. The van der Waals surface area contributed by atoms with E-state index < -0.39 is 0 Å². The Morgan fingerprint density at radius 3 is 2.54 bits per heavy atom. The van der Waals surface area contributed by atoms with Gasteiger partial charge < -0.3 is 4.79 Å². The smallest absolute Gasteiger partial charge is 0.233 e. The molecule has 1 amide bonds. The van der Waals surface area contributed by atoms with E-state index in [1.807, 2.05) is 0 Å². The topological polar surface area (TPSA) is 46.6 Å². The molecular formula is C9H17NO3. The summed E-state index contributed by atoms with van der Waals surface area (Å²) in [6.45, 7) is 2.65. The fourth-order valence-corrected chi connectivity index (χ4v) is 0.910. The van der Waals surface area contributed by atoms with E-state index in [1.54, 1.807) is 0 Å². The van der Waals surface area contributed by atoms with E-state index in [-0.39, 0.29) is 6.54 Å². The molecule has 0 aromatic heterocycles. The first-order valence-electron chi connectivity index (χ1n) is 4.63. The van der Waals surface area contributed by atoms with E-state index in [9.17, 15) is 9.59 Å². The van der Waals surface area contributed by atoms with Crippen LogP contribution in [-0.2, 0) is 14.4 Å². The van der Waals surface area contributed by atoms with Crippen molar-refractivity contribution in [3.05, 3.63) is 0 Å². The maximum absolute atomic E-state index is 10.3. The van der Waals surface area contributed by atoms with Crippen LogP contribution in [0.5, 0.6) is 0 Å². The van der Waals surface area contributed by atoms with Gasteiger partial charge in [-0.15, -0.1) is 0 Å². The standard InChI is InChI=1S/C9H17NO3/c1-2-3-4-5-8-13-10(9-12)6-7-11/h7,9H,2-6,8H2,1H3. The van der Waals surface area contributed by atoms with Crippen molar-refractivity contribution in [2.45, 2.75) is 32.6 Å². The van der Waals surface area contributed by atoms with Gasteiger partial charge in [0.05, 0.1) is 6.61 Å². The van der Waals surface area contributed by atoms with Gasteiger partial charge >= 0.3 is 0 Å². The summed E-state index contributed by atoms with van der Waals surface area (Å²) in [6, 6.07) is 0. The first-order valence-corrected chi connectivity index (χ1v) is 4.63. The maximum Gasteiger partial charge on any atom is 0.233 e. The van der Waals surface area contributed by atoms with Crippen LogP contribution in [0.15, 0.2) is 0 Å². The average molecular weight is 187 g/mol. The highest BCUT2D eigenvalue weighted by molar-refractivity contribution is 5.58. The first kappa shape index (κ1) is 12.1. The largest absolute Gasteiger partial charge is 0.301 e. The molecule has 0 saturated carbocycles. The predicted molar refractivity (Wildman–Crippen MR) is 48.9 cm³/mol. The number of amides is 1. The van der Waals surface area contributed by atoms with Crippen LogP contribution in [0.2, 0.25) is 0 Å². The molecule has 0 heterocycles. The van der Waals surface area contributed by atoms with Gasteiger partial charge in [0.25, 0.3) is 0 Å². The Labute approximate surface area is 78.8 Å². The molecule has 0 atom stereocenters. The number of hydrogen-bond acceptors (Lipinski definition) is 3. The molecule has 0 aliphatic carbocycles. The van der Waals surface area contributed by atoms with Crippen LogP contribution < -0.4 is 0 Å². The fourth-order valence-electron chi connectivity index (χ4n) is 0.910. The third kappa shape index (κ3) is 7.46. The van der Waals surface area contributed by atoms with Crippen molar-refractivity contribution >= 4 is 12.7 Å². The Bertz CT molecular complexity index is 139. The molecule has 0 spiro atoms. The molecule has 0 fully saturated rings. The predicted octanol–water partition coefficient (Wildman–Crippen LogP) is 1.16. The summed E-state index contributed by atoms with van der Waals surface area (Å²) in [4.78, 5) is 25.3. The zero-order chi connectivity index (χ0) is 9.94. The number of carbonyl (C=O) groups is 2. The van der Waals surface area contributed by atoms with Gasteiger partial charge in [0.1, 0.15) is 12.8 Å². The third-order valence-electron chi connectivity index (χ3n) is 1.63. The Morgan fingerprint density at radius 1 is 1.23 bits per heavy atom. The van der Waals surface area contributed by atoms with Crippen molar-refractivity contribution < 1.29 is 14.4 Å². The summed E-state index contributed by atoms with van der Waals surface area (Å²) in [6.07, 6.45) is 5.54. The van der Waals surface area contributed by atoms with Gasteiger partial charge in [-0.2, -0.15) is 0 Å². The molecule has 13 heavy (non-hydrogen) atoms. The van der Waals surface area contributed by atoms with E-state index in [0.717, 1.165) is 17.9 Å². The van der Waals surface area contributed by atoms with Crippen molar-refractivity contribution in [3.8, 4) is 0 Å². The summed E-state index contributed by atoms with van der Waals surface area (Å²) in [7, 11) is 0. The van der Waals surface area contributed by atoms with Gasteiger partial charge in [0, 0.05) is 0 Å². The van der Waals surface area contributed by atoms with Crippen molar-refractivity contribution in [2.24, 2.45) is 0 Å². The van der Waals surface area contributed by atoms with E-state index in [4.69, 9.17) is 4.84 Å². The minimum Gasteiger partial charge on any atom is -0.301 e. The molecule has 0 rings (SSSR count). The van der Waals surface area contributed by atoms with Gasteiger partial charge in [-0.3, -0.25) is 9.63 Å². The molecule has 0 aliphatic rings. The molecule has 0 aromatic carbocycles. The zero-order valence-corrected chi connectivity index (χ0v) is 8.07. The van der Waals surface area contributed by atoms with E-state index >= 15 is 0 Å². The van der Waals surface area contributed by atoms with Crippen LogP contribution in [0.25, 0.3) is 0 Å². The Morgan fingerprint density at radius 2 is 2.00 bits per heavy atom. The van der Waals surface area contributed by atoms with Crippen LogP contribution in [0.4, 0.5) is 0 Å². The van der Waals surface area contributed by atoms with Gasteiger partial charge in [-0.05, 0) is 6.42 Å². The van der Waals surface area contributed by atoms with Crippen LogP contribution in [0.1, 0.15) is 32.6 Å². The quantitative estimate of drug-likeness (QED) is 0.309. The lowest BCUT2D eigenvalue weighted by Crippen LogP contribution is -2.24. The summed E-state index contributed by atoms with van der Waals surface area (Å²) in [5.41, 5.74) is 0. The van der Waals surface area contributed by atoms with E-state index in [1.165, 1.54) is 12.8 Å². The van der Waals surface area contributed by atoms with E-state index in [2.05, 4.69) is 6.92 Å². The van der Waals surface area contributed by atoms with Gasteiger partial charge in [0.2, 0.25) is 6.41 Å². The van der Waals surface area contributed by atoms with Crippen LogP contribution in [0, 0.1) is 0 Å². The fraction of sp³-hybridized carbons (Fsp3) is 0.778. The van der Waals surface area contributed by atoms with Crippen molar-refractivity contribution in [2.75, 3.05) is 13.2 Å². The van der Waals surface area contributed by atoms with Gasteiger partial charge in [0.15, 0.2) is 0 Å². The molecule has 76 valence electrons. The maximum atomic E-state index is 10.3. The number of hydroxylamine groups is 2. The van der Waals surface area contributed by atoms with Crippen LogP contribution >= 0.6 is 0 Å². The van der Waals surface area contributed by atoms with Crippen molar-refractivity contribution in [1.29, 1.82) is 0 Å². The minimum absolute atomic E-state index is 0.0112. The first-order chi connectivity index (χ1) is 6.35. The normalized spacial score (nSPS) is 9.62. The monoisotopic (exact) mass is 187 g/mol. The minimum atomic E-state index is 0.0112. The Balaban J connectivity index is 3.27. The molecule has 0 saturated heterocycles. The Hall–Kier alpha value is -0.900. The zero-order valence-electron chi connectivity index (χ0n) is 8.07. The van der Waals surface area contributed by atoms with Crippen LogP contribution in [-0.4, -0.2) is 30.9 Å². The summed E-state index contributed by atoms with van der Waals surface area (Å²) in [5, 5.41) is 1.01. The van der Waals surface area contributed by atoms with E-state index in [0.29, 0.717) is 19.3 Å². The molecule has 0 unspecified atom stereocenters. The average Bonchev–Trinajstić information content (AvgIpc) is 2.16. The molecule has 4 heteroatoms. The lowest BCUT2D eigenvalue weighted by molar-refractivity contribution is -0.172. The molecule has 0 aliphatic heterocycles. The number of hydrogen-bond donors (Lipinski definition) is 0. The van der Waals surface area contributed by atoms with Gasteiger partial charge in [-0.1, -0.05) is 26.2 Å². The van der Waals surface area contributed by atoms with Crippen LogP contribution in [0.3, 0.4) is 0 Å². The number of aldehydes is 1. The second kappa shape index (κ2) is 9.19. The number of unbranched alkanes of at least 4 members (excludes halogenated alkanes) is 3. The summed E-state index contributed by atoms with van der Waals surface area (Å²) >= 11 is 0. The highest BCUT2D eigenvalue weighted by atomic mass is 16.7. The second-order valence-corrected chi connectivity index (χ2v) is 2.77. The third-order valence-corrected chi connectivity index (χ3v) is 1.63. The lowest BCUT2D eigenvalue weighted by Gasteiger charge is -2.12. The lowest BCUT2D eigenvalue weighted by atomic mass is 10.2. The number of nitrogens with zero attached hydrogens (tertiary/aromatic N) is 1. The Kier molecular flexibility index (Phi) is 8.55. The highest BCUT2D eigenvalue weighted by Gasteiger charge is 1.99.